The average Bonchev–Trinajstić information content (AvgIpc) is 2.28. The van der Waals surface area contributed by atoms with Gasteiger partial charge in [0, 0.05) is 17.8 Å². The molecule has 0 radical (unpaired) electrons. The Morgan fingerprint density at radius 1 is 1.56 bits per heavy atom. The highest BCUT2D eigenvalue weighted by Crippen LogP contribution is 2.16. The van der Waals surface area contributed by atoms with E-state index in [4.69, 9.17) is 29.1 Å². The molecule has 0 aromatic heterocycles. The van der Waals surface area contributed by atoms with E-state index >= 15 is 0 Å². The summed E-state index contributed by atoms with van der Waals surface area (Å²) in [6.07, 6.45) is 0. The molecule has 0 heterocycles. The minimum atomic E-state index is -0.912. The third kappa shape index (κ3) is 3.15. The molecule has 1 aromatic carbocycles. The van der Waals surface area contributed by atoms with Gasteiger partial charge in [0.2, 0.25) is 0 Å². The predicted molar refractivity (Wildman–Crippen MR) is 64.6 cm³/mol. The molecule has 0 spiro atoms. The molecule has 0 aliphatic rings. The number of hydrogen-bond acceptors (Lipinski definition) is 4. The van der Waals surface area contributed by atoms with Crippen molar-refractivity contribution in [2.24, 2.45) is 0 Å². The van der Waals surface area contributed by atoms with Crippen molar-refractivity contribution in [1.29, 1.82) is 5.26 Å². The van der Waals surface area contributed by atoms with E-state index in [0.29, 0.717) is 5.69 Å². The van der Waals surface area contributed by atoms with Crippen molar-refractivity contribution in [3.05, 3.63) is 34.4 Å². The van der Waals surface area contributed by atoms with Gasteiger partial charge in [-0.15, -0.1) is 0 Å². The van der Waals surface area contributed by atoms with Crippen LogP contribution in [0.3, 0.4) is 0 Å². The van der Waals surface area contributed by atoms with Crippen LogP contribution in [-0.2, 0) is 0 Å². The molecule has 82 valence electrons. The van der Waals surface area contributed by atoms with E-state index in [-0.39, 0.29) is 10.7 Å². The van der Waals surface area contributed by atoms with Crippen LogP contribution < -0.4 is 5.32 Å². The van der Waals surface area contributed by atoms with Crippen molar-refractivity contribution in [2.45, 2.75) is 5.38 Å². The van der Waals surface area contributed by atoms with Crippen LogP contribution in [0, 0.1) is 21.4 Å². The fourth-order valence-electron chi connectivity index (χ4n) is 0.931. The smallest absolute Gasteiger partial charge is 0.269 e. The Morgan fingerprint density at radius 3 is 2.56 bits per heavy atom. The number of nitriles is 1. The minimum Gasteiger partial charge on any atom is -0.348 e. The van der Waals surface area contributed by atoms with E-state index in [2.05, 4.69) is 5.32 Å². The molecule has 0 fully saturated rings. The van der Waals surface area contributed by atoms with E-state index in [9.17, 15) is 10.1 Å². The molecular formula is C9H6ClN3O2S. The monoisotopic (exact) mass is 255 g/mol. The van der Waals surface area contributed by atoms with E-state index in [0.717, 1.165) is 0 Å². The second-order valence-electron chi connectivity index (χ2n) is 2.78. The summed E-state index contributed by atoms with van der Waals surface area (Å²) in [7, 11) is 0. The van der Waals surface area contributed by atoms with Crippen LogP contribution in [0.15, 0.2) is 24.3 Å². The third-order valence-electron chi connectivity index (χ3n) is 1.69. The standard InChI is InChI=1S/C9H6ClN3O2S/c10-8(5-11)9(16)12-6-1-3-7(4-2-6)13(14)15/h1-4,8H,(H,12,16). The van der Waals surface area contributed by atoms with Gasteiger partial charge in [0.1, 0.15) is 4.99 Å². The quantitative estimate of drug-likeness (QED) is 0.388. The third-order valence-corrected chi connectivity index (χ3v) is 2.47. The first-order valence-electron chi connectivity index (χ1n) is 4.13. The van der Waals surface area contributed by atoms with E-state index in [1.54, 1.807) is 6.07 Å². The van der Waals surface area contributed by atoms with Crippen LogP contribution in [0.5, 0.6) is 0 Å². The molecule has 0 bridgehead atoms. The Kier molecular flexibility index (Phi) is 4.17. The molecule has 16 heavy (non-hydrogen) atoms. The first kappa shape index (κ1) is 12.4. The van der Waals surface area contributed by atoms with Crippen molar-refractivity contribution < 1.29 is 4.92 Å². The van der Waals surface area contributed by atoms with Gasteiger partial charge in [0.15, 0.2) is 5.38 Å². The molecule has 0 aliphatic carbocycles. The molecule has 1 rings (SSSR count). The van der Waals surface area contributed by atoms with E-state index in [1.807, 2.05) is 0 Å². The van der Waals surface area contributed by atoms with Crippen LogP contribution in [-0.4, -0.2) is 15.3 Å². The molecule has 0 aliphatic heterocycles. The maximum Gasteiger partial charge on any atom is 0.269 e. The molecule has 7 heteroatoms. The highest BCUT2D eigenvalue weighted by atomic mass is 35.5. The summed E-state index contributed by atoms with van der Waals surface area (Å²) >= 11 is 10.4. The Bertz CT molecular complexity index is 455. The maximum atomic E-state index is 10.4. The lowest BCUT2D eigenvalue weighted by Crippen LogP contribution is -2.19. The number of hydrogen-bond donors (Lipinski definition) is 1. The maximum absolute atomic E-state index is 10.4. The Balaban J connectivity index is 2.73. The number of nitrogens with zero attached hydrogens (tertiary/aromatic N) is 2. The fourth-order valence-corrected chi connectivity index (χ4v) is 1.16. The molecule has 1 N–H and O–H groups in total. The van der Waals surface area contributed by atoms with Crippen molar-refractivity contribution in [3.63, 3.8) is 0 Å². The summed E-state index contributed by atoms with van der Waals surface area (Å²) in [5.41, 5.74) is 0.538. The molecule has 0 saturated carbocycles. The number of nitro benzene ring substituents is 1. The number of alkyl halides is 1. The molecule has 1 aromatic rings. The lowest BCUT2D eigenvalue weighted by Gasteiger charge is -2.07. The Morgan fingerprint density at radius 2 is 2.12 bits per heavy atom. The highest BCUT2D eigenvalue weighted by Gasteiger charge is 2.10. The lowest BCUT2D eigenvalue weighted by molar-refractivity contribution is -0.384. The van der Waals surface area contributed by atoms with Gasteiger partial charge in [-0.1, -0.05) is 23.8 Å². The zero-order valence-electron chi connectivity index (χ0n) is 7.88. The minimum absolute atomic E-state index is 0.0147. The number of rotatable bonds is 3. The number of anilines is 1. The molecular weight excluding hydrogens is 250 g/mol. The van der Waals surface area contributed by atoms with Crippen LogP contribution in [0.25, 0.3) is 0 Å². The number of non-ortho nitro benzene ring substituents is 1. The van der Waals surface area contributed by atoms with E-state index in [1.165, 1.54) is 24.3 Å². The molecule has 1 unspecified atom stereocenters. The summed E-state index contributed by atoms with van der Waals surface area (Å²) in [4.78, 5) is 10.1. The van der Waals surface area contributed by atoms with Gasteiger partial charge in [0.25, 0.3) is 5.69 Å². The van der Waals surface area contributed by atoms with Gasteiger partial charge in [-0.25, -0.2) is 0 Å². The van der Waals surface area contributed by atoms with Gasteiger partial charge < -0.3 is 5.32 Å². The SMILES string of the molecule is N#CC(Cl)C(=S)Nc1ccc([N+](=O)[O-])cc1. The van der Waals surface area contributed by atoms with Gasteiger partial charge in [-0.05, 0) is 12.1 Å². The number of thiocarbonyl (C=S) groups is 1. The number of nitro groups is 1. The number of nitrogens with one attached hydrogen (secondary N) is 1. The topological polar surface area (TPSA) is 79.0 Å². The van der Waals surface area contributed by atoms with Gasteiger partial charge in [-0.2, -0.15) is 5.26 Å². The normalized spacial score (nSPS) is 11.2. The Hall–Kier alpha value is -1.71. The molecule has 5 nitrogen and oxygen atoms in total. The summed E-state index contributed by atoms with van der Waals surface area (Å²) in [5.74, 6) is 0. The fraction of sp³-hybridized carbons (Fsp3) is 0.111. The summed E-state index contributed by atoms with van der Waals surface area (Å²) < 4.78 is 0. The highest BCUT2D eigenvalue weighted by molar-refractivity contribution is 7.80. The second-order valence-corrected chi connectivity index (χ2v) is 3.66. The van der Waals surface area contributed by atoms with Crippen LogP contribution in [0.4, 0.5) is 11.4 Å². The van der Waals surface area contributed by atoms with Crippen molar-refractivity contribution in [3.8, 4) is 6.07 Å². The van der Waals surface area contributed by atoms with E-state index < -0.39 is 10.3 Å². The number of halogens is 1. The van der Waals surface area contributed by atoms with Gasteiger partial charge in [-0.3, -0.25) is 10.1 Å². The summed E-state index contributed by atoms with van der Waals surface area (Å²) in [6.45, 7) is 0. The zero-order chi connectivity index (χ0) is 12.1. The molecule has 0 saturated heterocycles. The first-order valence-corrected chi connectivity index (χ1v) is 4.98. The van der Waals surface area contributed by atoms with Crippen molar-refractivity contribution >= 4 is 40.2 Å². The summed E-state index contributed by atoms with van der Waals surface area (Å²) in [6, 6.07) is 7.42. The largest absolute Gasteiger partial charge is 0.348 e. The summed E-state index contributed by atoms with van der Waals surface area (Å²) in [5, 5.41) is 20.7. The zero-order valence-corrected chi connectivity index (χ0v) is 9.46. The van der Waals surface area contributed by atoms with Crippen LogP contribution >= 0.6 is 23.8 Å². The van der Waals surface area contributed by atoms with Crippen LogP contribution in [0.2, 0.25) is 0 Å². The Labute approximate surface area is 102 Å². The van der Waals surface area contributed by atoms with Gasteiger partial charge in [0.05, 0.1) is 11.0 Å². The second kappa shape index (κ2) is 5.39. The lowest BCUT2D eigenvalue weighted by atomic mass is 10.3. The predicted octanol–water partition coefficient (Wildman–Crippen LogP) is 2.47. The molecule has 1 atom stereocenters. The first-order chi connectivity index (χ1) is 7.54. The van der Waals surface area contributed by atoms with Crippen molar-refractivity contribution in [1.82, 2.24) is 0 Å². The average molecular weight is 256 g/mol. The molecule has 0 amide bonds. The van der Waals surface area contributed by atoms with Crippen molar-refractivity contribution in [2.75, 3.05) is 5.32 Å². The number of benzene rings is 1. The van der Waals surface area contributed by atoms with Crippen LogP contribution in [0.1, 0.15) is 0 Å². The van der Waals surface area contributed by atoms with Gasteiger partial charge >= 0.3 is 0 Å².